The van der Waals surface area contributed by atoms with Crippen molar-refractivity contribution in [2.24, 2.45) is 14.1 Å². The van der Waals surface area contributed by atoms with Crippen molar-refractivity contribution in [3.63, 3.8) is 0 Å². The van der Waals surface area contributed by atoms with Crippen LogP contribution in [0.4, 0.5) is 43.8 Å². The first-order valence-corrected chi connectivity index (χ1v) is 28.5. The molecule has 402 valence electrons. The van der Waals surface area contributed by atoms with Gasteiger partial charge in [-0.05, 0) is 97.7 Å². The normalized spacial score (nSPS) is 19.2. The third kappa shape index (κ3) is 12.1. The SMILES string of the molecule is CCCCSc1nc(N[C@@H]2C[C@H]2c2ccc(F)c(F)c2)c2ncn(C)c2n1.CCSc1nc(N[C@@H]2C[C@H]2c2ccc(F)c(F)c2)c2ncn(C)c2n1.CCn1cnc2c(N[C@@H]3C[C@H]3c3ccc(F)c(F)c3)nc(SC)nc21. The average molecular weight is 1110 g/mol. The Morgan fingerprint density at radius 1 is 0.506 bits per heavy atom. The molecule has 0 unspecified atom stereocenters. The van der Waals surface area contributed by atoms with Crippen LogP contribution in [0.2, 0.25) is 0 Å². The lowest BCUT2D eigenvalue weighted by Gasteiger charge is -2.09. The summed E-state index contributed by atoms with van der Waals surface area (Å²) in [6.07, 6.45) is 11.9. The van der Waals surface area contributed by atoms with E-state index in [1.54, 1.807) is 60.7 Å². The fourth-order valence-electron chi connectivity index (χ4n) is 9.01. The maximum absolute atomic E-state index is 13.5. The number of aryl methyl sites for hydroxylation is 3. The molecule has 24 heteroatoms. The van der Waals surface area contributed by atoms with Gasteiger partial charge in [0.2, 0.25) is 0 Å². The molecule has 12 rings (SSSR count). The summed E-state index contributed by atoms with van der Waals surface area (Å²) in [6, 6.07) is 12.7. The van der Waals surface area contributed by atoms with Crippen molar-refractivity contribution in [2.75, 3.05) is 33.7 Å². The van der Waals surface area contributed by atoms with Crippen LogP contribution in [0.1, 0.15) is 87.3 Å². The Bertz CT molecular complexity index is 3590. The number of imidazole rings is 3. The molecule has 3 saturated carbocycles. The van der Waals surface area contributed by atoms with Gasteiger partial charge in [-0.1, -0.05) is 73.8 Å². The van der Waals surface area contributed by atoms with E-state index < -0.39 is 34.9 Å². The molecule has 3 aromatic carbocycles. The zero-order chi connectivity index (χ0) is 54.1. The van der Waals surface area contributed by atoms with E-state index in [2.05, 4.69) is 74.7 Å². The number of benzene rings is 3. The average Bonchev–Trinajstić information content (AvgIpc) is 4.39. The molecule has 0 radical (unpaired) electrons. The number of hydrogen-bond acceptors (Lipinski definition) is 15. The number of aromatic nitrogens is 12. The fourth-order valence-corrected chi connectivity index (χ4v) is 10.9. The van der Waals surface area contributed by atoms with Gasteiger partial charge in [-0.25, -0.2) is 71.2 Å². The molecular weight excluding hydrogens is 1060 g/mol. The molecular formula is C53H55F6N15S3. The highest BCUT2D eigenvalue weighted by Crippen LogP contribution is 2.46. The zero-order valence-electron chi connectivity index (χ0n) is 42.9. The molecule has 0 saturated heterocycles. The van der Waals surface area contributed by atoms with Crippen LogP contribution >= 0.6 is 35.3 Å². The van der Waals surface area contributed by atoms with Crippen LogP contribution in [-0.2, 0) is 20.6 Å². The number of thioether (sulfide) groups is 3. The first-order chi connectivity index (χ1) is 37.2. The Hall–Kier alpha value is -6.66. The molecule has 15 nitrogen and oxygen atoms in total. The van der Waals surface area contributed by atoms with Gasteiger partial charge in [-0.3, -0.25) is 0 Å². The van der Waals surface area contributed by atoms with Gasteiger partial charge >= 0.3 is 0 Å². The number of nitrogens with one attached hydrogen (secondary N) is 3. The van der Waals surface area contributed by atoms with Crippen molar-refractivity contribution in [1.29, 1.82) is 0 Å². The third-order valence-corrected chi connectivity index (χ3v) is 15.7. The fraction of sp³-hybridized carbons (Fsp3) is 0.377. The number of rotatable bonds is 17. The summed E-state index contributed by atoms with van der Waals surface area (Å²) in [5.41, 5.74) is 6.94. The monoisotopic (exact) mass is 1110 g/mol. The van der Waals surface area contributed by atoms with Gasteiger partial charge in [0, 0.05) is 62.3 Å². The first kappa shape index (κ1) is 53.7. The number of nitrogens with zero attached hydrogens (tertiary/aromatic N) is 12. The van der Waals surface area contributed by atoms with E-state index in [-0.39, 0.29) is 35.9 Å². The molecule has 6 atom stereocenters. The third-order valence-electron chi connectivity index (χ3n) is 13.5. The van der Waals surface area contributed by atoms with Gasteiger partial charge in [0.1, 0.15) is 0 Å². The van der Waals surface area contributed by atoms with Gasteiger partial charge < -0.3 is 29.7 Å². The predicted octanol–water partition coefficient (Wildman–Crippen LogP) is 12.0. The van der Waals surface area contributed by atoms with Crippen molar-refractivity contribution in [3.05, 3.63) is 125 Å². The number of hydrogen-bond donors (Lipinski definition) is 3. The maximum atomic E-state index is 13.5. The highest BCUT2D eigenvalue weighted by Gasteiger charge is 2.42. The highest BCUT2D eigenvalue weighted by molar-refractivity contribution is 7.99. The maximum Gasteiger partial charge on any atom is 0.191 e. The van der Waals surface area contributed by atoms with Crippen LogP contribution in [0.5, 0.6) is 0 Å². The van der Waals surface area contributed by atoms with E-state index in [4.69, 9.17) is 0 Å². The van der Waals surface area contributed by atoms with Crippen LogP contribution in [-0.4, -0.2) is 94.4 Å². The van der Waals surface area contributed by atoms with Crippen LogP contribution in [0.15, 0.2) is 89.0 Å². The number of unbranched alkanes of at least 4 members (excludes halogenated alkanes) is 1. The smallest absolute Gasteiger partial charge is 0.191 e. The van der Waals surface area contributed by atoms with E-state index in [1.165, 1.54) is 48.2 Å². The molecule has 6 heterocycles. The van der Waals surface area contributed by atoms with Crippen molar-refractivity contribution < 1.29 is 26.3 Å². The minimum atomic E-state index is -0.818. The minimum Gasteiger partial charge on any atom is -0.365 e. The van der Waals surface area contributed by atoms with Crippen LogP contribution < -0.4 is 16.0 Å². The second-order valence-electron chi connectivity index (χ2n) is 19.0. The van der Waals surface area contributed by atoms with Crippen molar-refractivity contribution in [2.45, 2.75) is 111 Å². The minimum absolute atomic E-state index is 0.128. The van der Waals surface area contributed by atoms with E-state index in [0.29, 0.717) is 27.8 Å². The van der Waals surface area contributed by atoms with Crippen molar-refractivity contribution >= 4 is 86.2 Å². The van der Waals surface area contributed by atoms with Gasteiger partial charge in [-0.2, -0.15) is 0 Å². The molecule has 0 bridgehead atoms. The molecule has 3 aliphatic rings. The Morgan fingerprint density at radius 2 is 0.909 bits per heavy atom. The van der Waals surface area contributed by atoms with Gasteiger partial charge in [0.25, 0.3) is 0 Å². The zero-order valence-corrected chi connectivity index (χ0v) is 45.4. The Balaban J connectivity index is 0.000000131. The summed E-state index contributed by atoms with van der Waals surface area (Å²) in [4.78, 5) is 40.7. The van der Waals surface area contributed by atoms with Crippen LogP contribution in [0.25, 0.3) is 33.5 Å². The number of anilines is 3. The topological polar surface area (TPSA) is 167 Å². The Labute approximate surface area is 452 Å². The first-order valence-electron chi connectivity index (χ1n) is 25.3. The lowest BCUT2D eigenvalue weighted by molar-refractivity contribution is 0.507. The van der Waals surface area contributed by atoms with Crippen molar-refractivity contribution in [1.82, 2.24) is 58.6 Å². The van der Waals surface area contributed by atoms with Crippen molar-refractivity contribution in [3.8, 4) is 0 Å². The largest absolute Gasteiger partial charge is 0.365 e. The lowest BCUT2D eigenvalue weighted by atomic mass is 10.1. The number of halogens is 6. The van der Waals surface area contributed by atoms with Gasteiger partial charge in [0.15, 0.2) is 101 Å². The summed E-state index contributed by atoms with van der Waals surface area (Å²) in [6.45, 7) is 7.02. The molecule has 3 N–H and O–H groups in total. The second-order valence-corrected chi connectivity index (χ2v) is 22.0. The molecule has 9 aromatic rings. The molecule has 0 spiro atoms. The summed E-state index contributed by atoms with van der Waals surface area (Å²) in [7, 11) is 3.81. The Morgan fingerprint density at radius 3 is 1.31 bits per heavy atom. The van der Waals surface area contributed by atoms with E-state index in [1.807, 2.05) is 41.0 Å². The molecule has 3 aliphatic carbocycles. The summed E-state index contributed by atoms with van der Waals surface area (Å²) >= 11 is 4.68. The molecule has 77 heavy (non-hydrogen) atoms. The van der Waals surface area contributed by atoms with Gasteiger partial charge in [0.05, 0.1) is 19.0 Å². The van der Waals surface area contributed by atoms with E-state index >= 15 is 0 Å². The van der Waals surface area contributed by atoms with Crippen LogP contribution in [0, 0.1) is 34.9 Å². The van der Waals surface area contributed by atoms with E-state index in [0.717, 1.165) is 105 Å². The molecule has 3 fully saturated rings. The second kappa shape index (κ2) is 23.1. The summed E-state index contributed by atoms with van der Waals surface area (Å²) in [5, 5.41) is 12.3. The standard InChI is InChI=1S/C19H21F2N5S.2C17H17F2N5S/c1-3-4-7-27-19-24-17(16-18(25-19)26(2)10-22-16)23-15-9-12(15)11-5-6-13(20)14(21)8-11;1-3-24-8-20-14-15(22-17(25-2)23-16(14)24)21-13-7-10(13)9-4-5-11(18)12(19)6-9;1-3-25-17-22-15(14-16(23-17)24(2)8-20-14)21-13-7-10(13)9-4-5-11(18)12(19)6-9/h5-6,8,10,12,15H,3-4,7,9H2,1-2H3,(H,23,24,25);2*4-6,8,10,13H,3,7H2,1-2H3,(H,21,22,23)/t12-,15+;2*10-,13+/m000/s1. The van der Waals surface area contributed by atoms with Gasteiger partial charge in [-0.15, -0.1) is 0 Å². The summed E-state index contributed by atoms with van der Waals surface area (Å²) in [5.74, 6) is -0.500. The molecule has 0 aliphatic heterocycles. The van der Waals surface area contributed by atoms with Crippen LogP contribution in [0.3, 0.4) is 0 Å². The predicted molar refractivity (Wildman–Crippen MR) is 291 cm³/mol. The molecule has 0 amide bonds. The Kier molecular flexibility index (Phi) is 16.1. The highest BCUT2D eigenvalue weighted by atomic mass is 32.2. The lowest BCUT2D eigenvalue weighted by Crippen LogP contribution is -2.08. The molecule has 6 aromatic heterocycles. The summed E-state index contributed by atoms with van der Waals surface area (Å²) < 4.78 is 85.5. The van der Waals surface area contributed by atoms with E-state index in [9.17, 15) is 26.3 Å². The number of fused-ring (bicyclic) bond motifs is 3. The quantitative estimate of drug-likeness (QED) is 0.0341.